The van der Waals surface area contributed by atoms with Gasteiger partial charge in [-0.2, -0.15) is 0 Å². The SMILES string of the molecule is O=C(CCCCCC(=O)N(Cc1ccc(Br)s1)c1ccc(CCN2CCOCC2)cc1)NO. The van der Waals surface area contributed by atoms with Crippen LogP contribution in [0.15, 0.2) is 40.2 Å². The first-order valence-electron chi connectivity index (χ1n) is 11.4. The molecule has 0 atom stereocenters. The summed E-state index contributed by atoms with van der Waals surface area (Å²) < 4.78 is 6.46. The number of thiophene rings is 1. The molecule has 0 bridgehead atoms. The highest BCUT2D eigenvalue weighted by Gasteiger charge is 2.17. The Morgan fingerprint density at radius 2 is 1.79 bits per heavy atom. The van der Waals surface area contributed by atoms with Crippen molar-refractivity contribution in [3.8, 4) is 0 Å². The van der Waals surface area contributed by atoms with Gasteiger partial charge in [-0.15, -0.1) is 11.3 Å². The number of nitrogens with one attached hydrogen (secondary N) is 1. The van der Waals surface area contributed by atoms with Crippen molar-refractivity contribution in [2.45, 2.75) is 45.1 Å². The van der Waals surface area contributed by atoms with E-state index in [1.165, 1.54) is 5.56 Å². The second-order valence-corrected chi connectivity index (χ2v) is 10.7. The molecule has 2 aromatic rings. The third-order valence-electron chi connectivity index (χ3n) is 5.73. The number of rotatable bonds is 12. The Kier molecular flexibility index (Phi) is 10.8. The average molecular weight is 539 g/mol. The number of nitrogens with zero attached hydrogens (tertiary/aromatic N) is 2. The van der Waals surface area contributed by atoms with Crippen LogP contribution in [0.25, 0.3) is 0 Å². The van der Waals surface area contributed by atoms with E-state index >= 15 is 0 Å². The number of hydroxylamine groups is 1. The lowest BCUT2D eigenvalue weighted by Gasteiger charge is -2.26. The van der Waals surface area contributed by atoms with Crippen molar-refractivity contribution in [3.63, 3.8) is 0 Å². The molecule has 2 heterocycles. The van der Waals surface area contributed by atoms with Crippen LogP contribution in [0.5, 0.6) is 0 Å². The van der Waals surface area contributed by atoms with E-state index in [0.29, 0.717) is 25.8 Å². The lowest BCUT2D eigenvalue weighted by atomic mass is 10.1. The fourth-order valence-electron chi connectivity index (χ4n) is 3.80. The second kappa shape index (κ2) is 13.8. The number of amides is 2. The van der Waals surface area contributed by atoms with E-state index in [0.717, 1.165) is 60.0 Å². The maximum atomic E-state index is 13.1. The zero-order valence-corrected chi connectivity index (χ0v) is 21.2. The molecule has 33 heavy (non-hydrogen) atoms. The maximum absolute atomic E-state index is 13.1. The third-order valence-corrected chi connectivity index (χ3v) is 7.34. The zero-order valence-electron chi connectivity index (χ0n) is 18.8. The molecule has 2 amide bonds. The Balaban J connectivity index is 1.58. The average Bonchev–Trinajstić information content (AvgIpc) is 3.26. The molecule has 2 N–H and O–H groups in total. The van der Waals surface area contributed by atoms with Crippen molar-refractivity contribution < 1.29 is 19.5 Å². The second-order valence-electron chi connectivity index (χ2n) is 8.15. The van der Waals surface area contributed by atoms with Crippen molar-refractivity contribution >= 4 is 44.8 Å². The number of unbranched alkanes of at least 4 members (excludes halogenated alkanes) is 2. The van der Waals surface area contributed by atoms with Crippen molar-refractivity contribution in [2.75, 3.05) is 37.7 Å². The normalized spacial score (nSPS) is 14.2. The van der Waals surface area contributed by atoms with Gasteiger partial charge in [0.05, 0.1) is 23.5 Å². The van der Waals surface area contributed by atoms with E-state index in [4.69, 9.17) is 9.94 Å². The van der Waals surface area contributed by atoms with Crippen LogP contribution < -0.4 is 10.4 Å². The van der Waals surface area contributed by atoms with Crippen LogP contribution in [0.2, 0.25) is 0 Å². The molecule has 0 saturated carbocycles. The number of carbonyl (C=O) groups excluding carboxylic acids is 2. The third kappa shape index (κ3) is 8.83. The summed E-state index contributed by atoms with van der Waals surface area (Å²) in [5, 5.41) is 8.57. The molecule has 1 aromatic carbocycles. The van der Waals surface area contributed by atoms with Gasteiger partial charge in [0.25, 0.3) is 0 Å². The van der Waals surface area contributed by atoms with Gasteiger partial charge in [0.1, 0.15) is 0 Å². The van der Waals surface area contributed by atoms with Crippen molar-refractivity contribution in [1.82, 2.24) is 10.4 Å². The first-order valence-corrected chi connectivity index (χ1v) is 13.0. The highest BCUT2D eigenvalue weighted by molar-refractivity contribution is 9.11. The summed E-state index contributed by atoms with van der Waals surface area (Å²) in [6.07, 6.45) is 3.79. The predicted octanol–water partition coefficient (Wildman–Crippen LogP) is 4.37. The van der Waals surface area contributed by atoms with Gasteiger partial charge in [0.15, 0.2) is 0 Å². The number of halogens is 1. The summed E-state index contributed by atoms with van der Waals surface area (Å²) in [7, 11) is 0. The molecule has 1 saturated heterocycles. The van der Waals surface area contributed by atoms with Gasteiger partial charge in [-0.1, -0.05) is 18.6 Å². The van der Waals surface area contributed by atoms with Crippen LogP contribution >= 0.6 is 27.3 Å². The zero-order chi connectivity index (χ0) is 23.5. The van der Waals surface area contributed by atoms with Gasteiger partial charge >= 0.3 is 0 Å². The molecular formula is C24H32BrN3O4S. The topological polar surface area (TPSA) is 82.1 Å². The molecule has 0 spiro atoms. The summed E-state index contributed by atoms with van der Waals surface area (Å²) in [5.74, 6) is -0.313. The minimum Gasteiger partial charge on any atom is -0.379 e. The monoisotopic (exact) mass is 537 g/mol. The molecular weight excluding hydrogens is 506 g/mol. The Morgan fingerprint density at radius 3 is 2.45 bits per heavy atom. The molecule has 7 nitrogen and oxygen atoms in total. The molecule has 0 radical (unpaired) electrons. The Morgan fingerprint density at radius 1 is 1.06 bits per heavy atom. The van der Waals surface area contributed by atoms with Gasteiger partial charge in [0, 0.05) is 43.0 Å². The summed E-state index contributed by atoms with van der Waals surface area (Å²) in [6, 6.07) is 12.4. The summed E-state index contributed by atoms with van der Waals surface area (Å²) in [5.41, 5.74) is 3.81. The molecule has 180 valence electrons. The van der Waals surface area contributed by atoms with Crippen LogP contribution in [0.3, 0.4) is 0 Å². The molecule has 3 rings (SSSR count). The van der Waals surface area contributed by atoms with Crippen molar-refractivity contribution in [1.29, 1.82) is 0 Å². The molecule has 0 aliphatic carbocycles. The molecule has 1 aromatic heterocycles. The highest BCUT2D eigenvalue weighted by atomic mass is 79.9. The Bertz CT molecular complexity index is 884. The Hall–Kier alpha value is -1.78. The number of benzene rings is 1. The first kappa shape index (κ1) is 25.8. The highest BCUT2D eigenvalue weighted by Crippen LogP contribution is 2.27. The van der Waals surface area contributed by atoms with Gasteiger partial charge in [-0.25, -0.2) is 5.48 Å². The molecule has 1 aliphatic heterocycles. The van der Waals surface area contributed by atoms with E-state index in [2.05, 4.69) is 33.0 Å². The van der Waals surface area contributed by atoms with E-state index in [9.17, 15) is 9.59 Å². The number of carbonyl (C=O) groups is 2. The van der Waals surface area contributed by atoms with Crippen LogP contribution in [0.4, 0.5) is 5.69 Å². The van der Waals surface area contributed by atoms with Gasteiger partial charge in [-0.05, 0) is 65.0 Å². The van der Waals surface area contributed by atoms with Gasteiger partial charge in [0.2, 0.25) is 11.8 Å². The predicted molar refractivity (Wildman–Crippen MR) is 134 cm³/mol. The number of ether oxygens (including phenoxy) is 1. The van der Waals surface area contributed by atoms with E-state index in [1.807, 2.05) is 29.2 Å². The fourth-order valence-corrected chi connectivity index (χ4v) is 5.27. The number of hydrogen-bond donors (Lipinski definition) is 2. The summed E-state index contributed by atoms with van der Waals surface area (Å²) >= 11 is 5.14. The van der Waals surface area contributed by atoms with Crippen molar-refractivity contribution in [3.05, 3.63) is 50.6 Å². The minimum atomic E-state index is -0.389. The summed E-state index contributed by atoms with van der Waals surface area (Å²) in [4.78, 5) is 29.6. The number of hydrogen-bond acceptors (Lipinski definition) is 6. The molecule has 1 aliphatic rings. The van der Waals surface area contributed by atoms with E-state index in [-0.39, 0.29) is 18.2 Å². The van der Waals surface area contributed by atoms with Crippen LogP contribution in [-0.2, 0) is 27.3 Å². The van der Waals surface area contributed by atoms with Gasteiger partial charge < -0.3 is 9.64 Å². The largest absolute Gasteiger partial charge is 0.379 e. The van der Waals surface area contributed by atoms with E-state index < -0.39 is 0 Å². The fraction of sp³-hybridized carbons (Fsp3) is 0.500. The molecule has 0 unspecified atom stereocenters. The van der Waals surface area contributed by atoms with Crippen LogP contribution in [0.1, 0.15) is 42.5 Å². The minimum absolute atomic E-state index is 0.0761. The molecule has 1 fully saturated rings. The summed E-state index contributed by atoms with van der Waals surface area (Å²) in [6.45, 7) is 5.15. The van der Waals surface area contributed by atoms with Crippen LogP contribution in [0, 0.1) is 0 Å². The maximum Gasteiger partial charge on any atom is 0.243 e. The quantitative estimate of drug-likeness (QED) is 0.238. The smallest absolute Gasteiger partial charge is 0.243 e. The van der Waals surface area contributed by atoms with Crippen LogP contribution in [-0.4, -0.2) is 54.8 Å². The molecule has 9 heteroatoms. The number of morpholine rings is 1. The lowest BCUT2D eigenvalue weighted by molar-refractivity contribution is -0.129. The standard InChI is InChI=1S/C24H32BrN3O4S/c25-22-11-10-21(33-22)18-28(24(30)5-3-1-2-4-23(29)26-31)20-8-6-19(7-9-20)12-13-27-14-16-32-17-15-27/h6-11,31H,1-5,12-18H2,(H,26,29). The Labute approximate surface area is 207 Å². The van der Waals surface area contributed by atoms with Gasteiger partial charge in [-0.3, -0.25) is 19.7 Å². The lowest BCUT2D eigenvalue weighted by Crippen LogP contribution is -2.37. The van der Waals surface area contributed by atoms with Crippen molar-refractivity contribution in [2.24, 2.45) is 0 Å². The first-order chi connectivity index (χ1) is 16.0. The van der Waals surface area contributed by atoms with E-state index in [1.54, 1.807) is 16.8 Å². The number of anilines is 1.